The second kappa shape index (κ2) is 4.57. The van der Waals surface area contributed by atoms with Crippen molar-refractivity contribution in [2.45, 2.75) is 12.4 Å². The van der Waals surface area contributed by atoms with Crippen LogP contribution in [-0.2, 0) is 9.47 Å². The Bertz CT molecular complexity index is 361. The van der Waals surface area contributed by atoms with Crippen molar-refractivity contribution in [3.8, 4) is 0 Å². The molecule has 1 fully saturated rings. The van der Waals surface area contributed by atoms with Gasteiger partial charge in [-0.3, -0.25) is 0 Å². The molecular formula is C10H11BrFNO2. The van der Waals surface area contributed by atoms with E-state index in [1.165, 1.54) is 6.07 Å². The molecule has 0 radical (unpaired) electrons. The van der Waals surface area contributed by atoms with Gasteiger partial charge in [0.25, 0.3) is 0 Å². The van der Waals surface area contributed by atoms with Gasteiger partial charge in [0.2, 0.25) is 0 Å². The number of halogens is 2. The molecule has 0 amide bonds. The lowest BCUT2D eigenvalue weighted by molar-refractivity contribution is -0.0607. The van der Waals surface area contributed by atoms with Gasteiger partial charge in [0.15, 0.2) is 6.29 Å². The molecule has 15 heavy (non-hydrogen) atoms. The van der Waals surface area contributed by atoms with Gasteiger partial charge in [-0.1, -0.05) is 15.9 Å². The first-order valence-corrected chi connectivity index (χ1v) is 5.42. The average molecular weight is 276 g/mol. The third-order valence-electron chi connectivity index (χ3n) is 2.23. The average Bonchev–Trinajstić information content (AvgIpc) is 2.66. The summed E-state index contributed by atoms with van der Waals surface area (Å²) in [5.74, 6) is -0.341. The number of benzene rings is 1. The van der Waals surface area contributed by atoms with Crippen molar-refractivity contribution in [1.82, 2.24) is 0 Å². The second-order valence-electron chi connectivity index (χ2n) is 3.32. The molecule has 1 saturated heterocycles. The van der Waals surface area contributed by atoms with Crippen molar-refractivity contribution in [3.05, 3.63) is 34.1 Å². The van der Waals surface area contributed by atoms with E-state index in [0.29, 0.717) is 23.2 Å². The molecule has 0 saturated carbocycles. The fraction of sp³-hybridized carbons (Fsp3) is 0.400. The van der Waals surface area contributed by atoms with Gasteiger partial charge in [-0.15, -0.1) is 0 Å². The maximum absolute atomic E-state index is 13.5. The van der Waals surface area contributed by atoms with Gasteiger partial charge in [-0.2, -0.15) is 0 Å². The molecule has 1 heterocycles. The zero-order valence-electron chi connectivity index (χ0n) is 7.95. The molecule has 0 aliphatic carbocycles. The molecule has 3 nitrogen and oxygen atoms in total. The molecule has 1 aromatic carbocycles. The maximum Gasteiger partial charge on any atom is 0.187 e. The van der Waals surface area contributed by atoms with Crippen LogP contribution < -0.4 is 5.73 Å². The van der Waals surface area contributed by atoms with Gasteiger partial charge in [0.05, 0.1) is 12.7 Å². The number of hydrogen-bond donors (Lipinski definition) is 1. The Kier molecular flexibility index (Phi) is 3.35. The third-order valence-corrected chi connectivity index (χ3v) is 2.72. The normalized spacial score (nSPS) is 25.8. The topological polar surface area (TPSA) is 44.5 Å². The van der Waals surface area contributed by atoms with Crippen LogP contribution in [0.3, 0.4) is 0 Å². The third kappa shape index (κ3) is 2.36. The summed E-state index contributed by atoms with van der Waals surface area (Å²) in [6.45, 7) is 0.797. The quantitative estimate of drug-likeness (QED) is 0.898. The van der Waals surface area contributed by atoms with Crippen molar-refractivity contribution in [2.75, 3.05) is 13.2 Å². The number of nitrogens with two attached hydrogens (primary N) is 1. The molecule has 1 aromatic rings. The summed E-state index contributed by atoms with van der Waals surface area (Å²) in [6, 6.07) is 4.78. The Morgan fingerprint density at radius 1 is 1.53 bits per heavy atom. The van der Waals surface area contributed by atoms with E-state index in [1.807, 2.05) is 0 Å². The smallest absolute Gasteiger partial charge is 0.187 e. The van der Waals surface area contributed by atoms with Crippen molar-refractivity contribution < 1.29 is 13.9 Å². The van der Waals surface area contributed by atoms with Crippen LogP contribution >= 0.6 is 15.9 Å². The van der Waals surface area contributed by atoms with Crippen molar-refractivity contribution in [1.29, 1.82) is 0 Å². The number of hydrogen-bond acceptors (Lipinski definition) is 3. The highest BCUT2D eigenvalue weighted by Gasteiger charge is 2.28. The van der Waals surface area contributed by atoms with E-state index >= 15 is 0 Å². The highest BCUT2D eigenvalue weighted by atomic mass is 79.9. The van der Waals surface area contributed by atoms with Crippen molar-refractivity contribution in [2.24, 2.45) is 5.73 Å². The van der Waals surface area contributed by atoms with Crippen LogP contribution in [0, 0.1) is 5.82 Å². The fourth-order valence-electron chi connectivity index (χ4n) is 1.43. The van der Waals surface area contributed by atoms with Gasteiger partial charge in [-0.25, -0.2) is 4.39 Å². The standard InChI is InChI=1S/C10H11BrFNO2/c11-6-1-2-8(9(12)3-6)10-14-5-7(4-13)15-10/h1-3,7,10H,4-5,13H2. The fourth-order valence-corrected chi connectivity index (χ4v) is 1.76. The molecule has 0 bridgehead atoms. The van der Waals surface area contributed by atoms with Gasteiger partial charge < -0.3 is 15.2 Å². The summed E-state index contributed by atoms with van der Waals surface area (Å²) in [7, 11) is 0. The number of ether oxygens (including phenoxy) is 2. The summed E-state index contributed by atoms with van der Waals surface area (Å²) in [5, 5.41) is 0. The van der Waals surface area contributed by atoms with Crippen LogP contribution in [0.1, 0.15) is 11.9 Å². The Labute approximate surface area is 95.5 Å². The minimum absolute atomic E-state index is 0.141. The van der Waals surface area contributed by atoms with E-state index in [-0.39, 0.29) is 11.9 Å². The summed E-state index contributed by atoms with van der Waals surface area (Å²) in [6.07, 6.45) is -0.773. The molecule has 82 valence electrons. The number of rotatable bonds is 2. The van der Waals surface area contributed by atoms with E-state index in [0.717, 1.165) is 0 Å². The van der Waals surface area contributed by atoms with Gasteiger partial charge in [0, 0.05) is 16.6 Å². The lowest BCUT2D eigenvalue weighted by atomic mass is 10.2. The summed E-state index contributed by atoms with van der Waals surface area (Å²) < 4.78 is 24.9. The summed E-state index contributed by atoms with van der Waals surface area (Å²) >= 11 is 3.19. The Morgan fingerprint density at radius 3 is 2.93 bits per heavy atom. The first-order valence-electron chi connectivity index (χ1n) is 4.63. The van der Waals surface area contributed by atoms with Crippen LogP contribution in [0.4, 0.5) is 4.39 Å². The van der Waals surface area contributed by atoms with Crippen LogP contribution in [0.25, 0.3) is 0 Å². The highest BCUT2D eigenvalue weighted by Crippen LogP contribution is 2.29. The van der Waals surface area contributed by atoms with Gasteiger partial charge >= 0.3 is 0 Å². The Morgan fingerprint density at radius 2 is 2.33 bits per heavy atom. The molecule has 2 N–H and O–H groups in total. The first-order chi connectivity index (χ1) is 7.20. The molecule has 5 heteroatoms. The zero-order chi connectivity index (χ0) is 10.8. The molecule has 1 aliphatic heterocycles. The maximum atomic E-state index is 13.5. The van der Waals surface area contributed by atoms with Gasteiger partial charge in [-0.05, 0) is 18.2 Å². The van der Waals surface area contributed by atoms with E-state index in [9.17, 15) is 4.39 Å². The minimum Gasteiger partial charge on any atom is -0.346 e. The SMILES string of the molecule is NCC1COC(c2ccc(Br)cc2F)O1. The van der Waals surface area contributed by atoms with Crippen LogP contribution in [-0.4, -0.2) is 19.3 Å². The molecule has 0 spiro atoms. The molecule has 0 aromatic heterocycles. The largest absolute Gasteiger partial charge is 0.346 e. The second-order valence-corrected chi connectivity index (χ2v) is 4.24. The van der Waals surface area contributed by atoms with Crippen molar-refractivity contribution >= 4 is 15.9 Å². The Hall–Kier alpha value is -0.490. The lowest BCUT2D eigenvalue weighted by Crippen LogP contribution is -2.21. The molecular weight excluding hydrogens is 265 g/mol. The first kappa shape index (κ1) is 11.0. The van der Waals surface area contributed by atoms with Crippen LogP contribution in [0.5, 0.6) is 0 Å². The lowest BCUT2D eigenvalue weighted by Gasteiger charge is -2.11. The Balaban J connectivity index is 2.17. The molecule has 2 atom stereocenters. The molecule has 1 aliphatic rings. The summed E-state index contributed by atoms with van der Waals surface area (Å²) in [4.78, 5) is 0. The van der Waals surface area contributed by atoms with E-state index in [2.05, 4.69) is 15.9 Å². The summed E-state index contributed by atoms with van der Waals surface area (Å²) in [5.41, 5.74) is 5.84. The predicted octanol–water partition coefficient (Wildman–Crippen LogP) is 1.96. The molecule has 2 unspecified atom stereocenters. The molecule has 2 rings (SSSR count). The minimum atomic E-state index is -0.633. The van der Waals surface area contributed by atoms with E-state index in [4.69, 9.17) is 15.2 Å². The van der Waals surface area contributed by atoms with E-state index < -0.39 is 6.29 Å². The monoisotopic (exact) mass is 275 g/mol. The van der Waals surface area contributed by atoms with E-state index in [1.54, 1.807) is 12.1 Å². The van der Waals surface area contributed by atoms with Crippen LogP contribution in [0.2, 0.25) is 0 Å². The van der Waals surface area contributed by atoms with Gasteiger partial charge in [0.1, 0.15) is 5.82 Å². The van der Waals surface area contributed by atoms with Crippen LogP contribution in [0.15, 0.2) is 22.7 Å². The predicted molar refractivity (Wildman–Crippen MR) is 56.7 cm³/mol. The zero-order valence-corrected chi connectivity index (χ0v) is 9.54. The highest BCUT2D eigenvalue weighted by molar-refractivity contribution is 9.10. The van der Waals surface area contributed by atoms with Crippen molar-refractivity contribution in [3.63, 3.8) is 0 Å².